The van der Waals surface area contributed by atoms with Gasteiger partial charge in [-0.05, 0) is 54.7 Å². The van der Waals surface area contributed by atoms with Crippen LogP contribution in [-0.4, -0.2) is 57.4 Å². The number of aliphatic hydroxyl groups excluding tert-OH is 1. The number of carboxylic acid groups (broad SMARTS) is 1. The van der Waals surface area contributed by atoms with E-state index >= 15 is 0 Å². The van der Waals surface area contributed by atoms with Crippen molar-refractivity contribution in [2.24, 2.45) is 0 Å². The number of hydrogen-bond donors (Lipinski definition) is 2. The van der Waals surface area contributed by atoms with Crippen LogP contribution in [0.2, 0.25) is 0 Å². The van der Waals surface area contributed by atoms with Gasteiger partial charge in [0.2, 0.25) is 0 Å². The molecule has 0 spiro atoms. The summed E-state index contributed by atoms with van der Waals surface area (Å²) in [5.41, 5.74) is 4.70. The normalized spacial score (nSPS) is 14.9. The molecule has 1 aliphatic rings. The third-order valence-electron chi connectivity index (χ3n) is 6.90. The van der Waals surface area contributed by atoms with Gasteiger partial charge in [0.25, 0.3) is 0 Å². The molecule has 0 fully saturated rings. The van der Waals surface area contributed by atoms with Crippen LogP contribution in [0.1, 0.15) is 38.7 Å². The van der Waals surface area contributed by atoms with Crippen molar-refractivity contribution < 1.29 is 29.2 Å². The van der Waals surface area contributed by atoms with Gasteiger partial charge in [-0.15, -0.1) is 0 Å². The zero-order valence-corrected chi connectivity index (χ0v) is 20.9. The average Bonchev–Trinajstić information content (AvgIpc) is 3.50. The van der Waals surface area contributed by atoms with Crippen molar-refractivity contribution >= 4 is 17.0 Å². The van der Waals surface area contributed by atoms with Gasteiger partial charge in [0, 0.05) is 11.8 Å². The molecule has 192 valence electrons. The van der Waals surface area contributed by atoms with E-state index < -0.39 is 18.2 Å². The Hall–Kier alpha value is -3.95. The van der Waals surface area contributed by atoms with Crippen molar-refractivity contribution in [3.63, 3.8) is 0 Å². The highest BCUT2D eigenvalue weighted by atomic mass is 16.5. The molecule has 0 amide bonds. The quantitative estimate of drug-likeness (QED) is 0.355. The number of methoxy groups -OCH3 is 2. The zero-order valence-electron chi connectivity index (χ0n) is 20.9. The molecule has 1 aliphatic carbocycles. The number of carbonyl (C=O) groups is 1. The number of hydrogen-bond acceptors (Lipinski definition) is 7. The lowest BCUT2D eigenvalue weighted by atomic mass is 10.0. The molecule has 2 N–H and O–H groups in total. The number of fused-ring (bicyclic) bond motifs is 2. The Labute approximate surface area is 214 Å². The minimum atomic E-state index is -1.08. The standard InChI is InChI=1S/C28H29N3O6/c1-16-23(35-2)12-19(13-24(16)36-3)27(32)25(37-20-10-17-6-4-5-7-18(17)11-20)15-31-14-22-26(30-31)21(28(33)34)8-9-29-22/h4-9,12-14,20,25,27,32H,10-11,15H2,1-3H3,(H,33,34). The van der Waals surface area contributed by atoms with Crippen LogP contribution in [-0.2, 0) is 24.1 Å². The van der Waals surface area contributed by atoms with Gasteiger partial charge in [-0.3, -0.25) is 9.67 Å². The summed E-state index contributed by atoms with van der Waals surface area (Å²) in [6.45, 7) is 2.07. The van der Waals surface area contributed by atoms with E-state index in [9.17, 15) is 15.0 Å². The topological polar surface area (TPSA) is 116 Å². The lowest BCUT2D eigenvalue weighted by molar-refractivity contribution is -0.0835. The van der Waals surface area contributed by atoms with Gasteiger partial charge in [0.1, 0.15) is 34.7 Å². The van der Waals surface area contributed by atoms with Gasteiger partial charge in [-0.1, -0.05) is 24.3 Å². The molecular weight excluding hydrogens is 474 g/mol. The van der Waals surface area contributed by atoms with Crippen LogP contribution in [0.5, 0.6) is 11.5 Å². The highest BCUT2D eigenvalue weighted by molar-refractivity contribution is 6.00. The molecule has 9 heteroatoms. The lowest BCUT2D eigenvalue weighted by Gasteiger charge is -2.27. The first-order valence-electron chi connectivity index (χ1n) is 12.1. The van der Waals surface area contributed by atoms with Crippen LogP contribution in [0.3, 0.4) is 0 Å². The van der Waals surface area contributed by atoms with Crippen LogP contribution < -0.4 is 9.47 Å². The summed E-state index contributed by atoms with van der Waals surface area (Å²) in [5.74, 6) is 0.120. The third-order valence-corrected chi connectivity index (χ3v) is 6.90. The number of ether oxygens (including phenoxy) is 3. The predicted octanol–water partition coefficient (Wildman–Crippen LogP) is 3.74. The van der Waals surface area contributed by atoms with Gasteiger partial charge < -0.3 is 24.4 Å². The highest BCUT2D eigenvalue weighted by Crippen LogP contribution is 2.35. The summed E-state index contributed by atoms with van der Waals surface area (Å²) in [6, 6.07) is 13.2. The van der Waals surface area contributed by atoms with Crippen LogP contribution in [0.25, 0.3) is 11.0 Å². The molecule has 37 heavy (non-hydrogen) atoms. The molecule has 2 aromatic heterocycles. The molecule has 0 bridgehead atoms. The van der Waals surface area contributed by atoms with Gasteiger partial charge in [-0.2, -0.15) is 5.10 Å². The number of nitrogens with zero attached hydrogens (tertiary/aromatic N) is 3. The minimum Gasteiger partial charge on any atom is -0.496 e. The summed E-state index contributed by atoms with van der Waals surface area (Å²) >= 11 is 0. The van der Waals surface area contributed by atoms with E-state index in [2.05, 4.69) is 22.2 Å². The molecule has 0 aliphatic heterocycles. The number of carboxylic acids is 1. The Balaban J connectivity index is 1.49. The molecule has 0 saturated heterocycles. The number of aromatic carboxylic acids is 1. The molecule has 9 nitrogen and oxygen atoms in total. The van der Waals surface area contributed by atoms with E-state index in [1.165, 1.54) is 23.4 Å². The van der Waals surface area contributed by atoms with E-state index in [1.54, 1.807) is 37.2 Å². The first kappa shape index (κ1) is 24.7. The van der Waals surface area contributed by atoms with Crippen LogP contribution in [0.15, 0.2) is 54.9 Å². The Morgan fingerprint density at radius 2 is 1.76 bits per heavy atom. The van der Waals surface area contributed by atoms with Gasteiger partial charge >= 0.3 is 5.97 Å². The molecule has 2 heterocycles. The van der Waals surface area contributed by atoms with Crippen molar-refractivity contribution in [3.05, 3.63) is 82.7 Å². The van der Waals surface area contributed by atoms with Crippen LogP contribution in [0.4, 0.5) is 0 Å². The van der Waals surface area contributed by atoms with Crippen molar-refractivity contribution in [3.8, 4) is 11.5 Å². The number of rotatable bonds is 9. The van der Waals surface area contributed by atoms with Crippen molar-refractivity contribution in [1.82, 2.24) is 14.8 Å². The maximum atomic E-state index is 11.7. The molecule has 0 radical (unpaired) electrons. The Kier molecular flexibility index (Phi) is 6.82. The fourth-order valence-corrected chi connectivity index (χ4v) is 4.99. The SMILES string of the molecule is COc1cc(C(O)C(Cn2cc3nccc(C(=O)O)c3n2)OC2Cc3ccccc3C2)cc(OC)c1C. The fraction of sp³-hybridized carbons (Fsp3) is 0.321. The summed E-state index contributed by atoms with van der Waals surface area (Å²) in [7, 11) is 3.15. The monoisotopic (exact) mass is 503 g/mol. The Morgan fingerprint density at radius 3 is 2.35 bits per heavy atom. The molecule has 4 aromatic rings. The second kappa shape index (κ2) is 10.2. The summed E-state index contributed by atoms with van der Waals surface area (Å²) in [5, 5.41) is 25.6. The number of aromatic nitrogens is 3. The van der Waals surface area contributed by atoms with E-state index in [0.29, 0.717) is 22.6 Å². The summed E-state index contributed by atoms with van der Waals surface area (Å²) in [6.07, 6.45) is 2.75. The molecule has 2 atom stereocenters. The maximum Gasteiger partial charge on any atom is 0.338 e. The van der Waals surface area contributed by atoms with E-state index in [4.69, 9.17) is 14.2 Å². The second-order valence-electron chi connectivity index (χ2n) is 9.22. The number of benzene rings is 2. The van der Waals surface area contributed by atoms with Gasteiger partial charge in [0.15, 0.2) is 0 Å². The van der Waals surface area contributed by atoms with Crippen LogP contribution >= 0.6 is 0 Å². The van der Waals surface area contributed by atoms with E-state index in [-0.39, 0.29) is 23.7 Å². The number of pyridine rings is 1. The van der Waals surface area contributed by atoms with E-state index in [0.717, 1.165) is 18.4 Å². The molecular formula is C28H29N3O6. The maximum absolute atomic E-state index is 11.7. The predicted molar refractivity (Wildman–Crippen MR) is 136 cm³/mol. The largest absolute Gasteiger partial charge is 0.496 e. The van der Waals surface area contributed by atoms with Gasteiger partial charge in [-0.25, -0.2) is 4.79 Å². The Bertz CT molecular complexity index is 1400. The second-order valence-corrected chi connectivity index (χ2v) is 9.22. The smallest absolute Gasteiger partial charge is 0.338 e. The van der Waals surface area contributed by atoms with Crippen molar-refractivity contribution in [2.45, 2.75) is 44.6 Å². The van der Waals surface area contributed by atoms with Crippen LogP contribution in [0, 0.1) is 6.92 Å². The first-order valence-corrected chi connectivity index (χ1v) is 12.1. The first-order chi connectivity index (χ1) is 17.9. The van der Waals surface area contributed by atoms with Crippen molar-refractivity contribution in [1.29, 1.82) is 0 Å². The van der Waals surface area contributed by atoms with E-state index in [1.807, 2.05) is 19.1 Å². The highest BCUT2D eigenvalue weighted by Gasteiger charge is 2.31. The lowest BCUT2D eigenvalue weighted by Crippen LogP contribution is -2.32. The molecule has 5 rings (SSSR count). The molecule has 0 saturated carbocycles. The summed E-state index contributed by atoms with van der Waals surface area (Å²) < 4.78 is 19.2. The molecule has 2 unspecified atom stereocenters. The average molecular weight is 504 g/mol. The Morgan fingerprint density at radius 1 is 1.11 bits per heavy atom. The third kappa shape index (κ3) is 4.87. The minimum absolute atomic E-state index is 0.0704. The molecule has 2 aromatic carbocycles. The zero-order chi connectivity index (χ0) is 26.1. The van der Waals surface area contributed by atoms with Gasteiger partial charge in [0.05, 0.1) is 38.6 Å². The summed E-state index contributed by atoms with van der Waals surface area (Å²) in [4.78, 5) is 15.9. The fourth-order valence-electron chi connectivity index (χ4n) is 4.99. The number of aliphatic hydroxyl groups is 1. The van der Waals surface area contributed by atoms with Crippen molar-refractivity contribution in [2.75, 3.05) is 14.2 Å².